The van der Waals surface area contributed by atoms with Crippen LogP contribution in [-0.4, -0.2) is 37.4 Å². The number of aromatic nitrogens is 1. The molecule has 0 saturated heterocycles. The minimum atomic E-state index is -4.71. The van der Waals surface area contributed by atoms with E-state index in [0.717, 1.165) is 10.1 Å². The lowest BCUT2D eigenvalue weighted by Gasteiger charge is -2.51. The summed E-state index contributed by atoms with van der Waals surface area (Å²) >= 11 is 0. The molecule has 0 fully saturated rings. The number of pyridine rings is 1. The second-order valence-corrected chi connectivity index (χ2v) is 15.0. The Labute approximate surface area is 264 Å². The molecule has 0 bridgehead atoms. The van der Waals surface area contributed by atoms with E-state index < -0.39 is 62.2 Å². The number of nitrogens with one attached hydrogen (secondary N) is 3. The number of hydrogen-bond donors (Lipinski definition) is 3. The van der Waals surface area contributed by atoms with Crippen molar-refractivity contribution in [1.29, 1.82) is 0 Å². The number of carbonyl (C=O) groups is 2. The topological polar surface area (TPSA) is 101 Å². The number of benzene rings is 2. The lowest BCUT2D eigenvalue weighted by molar-refractivity contribution is -0.265. The van der Waals surface area contributed by atoms with Crippen LogP contribution in [0.2, 0.25) is 13.1 Å². The molecule has 3 amide bonds. The van der Waals surface area contributed by atoms with Crippen LogP contribution in [0.15, 0.2) is 77.6 Å². The first kappa shape index (κ1) is 35.6. The molecular formula is C33H43F3N4O4Si. The standard InChI is InChI=1S/C33H43F3N4O4Si/c1-22(2)32(44-45(6)7,29(31(3,4)5)33(34,35)36)39-27(41)21-40-26(24-16-12-9-13-17-24)19-18-25(28(40)42)38-30(43)37-20-23-14-10-8-11-15-23/h8-19,22,29,45H,20-21H2,1-7H3,(H,39,41)(H2,37,38,43). The van der Waals surface area contributed by atoms with Crippen molar-refractivity contribution in [1.82, 2.24) is 15.2 Å². The van der Waals surface area contributed by atoms with Crippen molar-refractivity contribution in [3.8, 4) is 11.3 Å². The maximum atomic E-state index is 14.8. The molecule has 2 atom stereocenters. The summed E-state index contributed by atoms with van der Waals surface area (Å²) in [6, 6.07) is 20.4. The smallest absolute Gasteiger partial charge is 0.396 e. The lowest BCUT2D eigenvalue weighted by Crippen LogP contribution is -2.67. The van der Waals surface area contributed by atoms with E-state index in [0.29, 0.717) is 11.3 Å². The summed E-state index contributed by atoms with van der Waals surface area (Å²) in [6.07, 6.45) is -4.71. The van der Waals surface area contributed by atoms with Crippen LogP contribution in [0.5, 0.6) is 0 Å². The molecule has 8 nitrogen and oxygen atoms in total. The number of nitrogens with zero attached hydrogens (tertiary/aromatic N) is 1. The predicted molar refractivity (Wildman–Crippen MR) is 173 cm³/mol. The number of amides is 3. The first-order valence-electron chi connectivity index (χ1n) is 14.9. The van der Waals surface area contributed by atoms with Gasteiger partial charge in [-0.1, -0.05) is 95.3 Å². The predicted octanol–water partition coefficient (Wildman–Crippen LogP) is 6.53. The first-order valence-corrected chi connectivity index (χ1v) is 17.7. The van der Waals surface area contributed by atoms with Gasteiger partial charge in [-0.15, -0.1) is 0 Å². The number of urea groups is 1. The van der Waals surface area contributed by atoms with Crippen LogP contribution < -0.4 is 21.5 Å². The highest BCUT2D eigenvalue weighted by Crippen LogP contribution is 2.49. The number of halogens is 3. The first-order chi connectivity index (χ1) is 21.0. The minimum Gasteiger partial charge on any atom is -0.398 e. The summed E-state index contributed by atoms with van der Waals surface area (Å²) in [7, 11) is -2.16. The second kappa shape index (κ2) is 14.5. The molecule has 45 heavy (non-hydrogen) atoms. The van der Waals surface area contributed by atoms with E-state index in [1.165, 1.54) is 26.8 Å². The molecule has 0 radical (unpaired) electrons. The van der Waals surface area contributed by atoms with Crippen molar-refractivity contribution in [2.75, 3.05) is 5.32 Å². The fraction of sp³-hybridized carbons (Fsp3) is 0.424. The average molecular weight is 645 g/mol. The highest BCUT2D eigenvalue weighted by Gasteiger charge is 2.61. The molecular weight excluding hydrogens is 601 g/mol. The summed E-state index contributed by atoms with van der Waals surface area (Å²) in [5.41, 5.74) is -2.40. The van der Waals surface area contributed by atoms with Gasteiger partial charge in [0.1, 0.15) is 23.9 Å². The third-order valence-corrected chi connectivity index (χ3v) is 8.20. The zero-order valence-electron chi connectivity index (χ0n) is 26.8. The van der Waals surface area contributed by atoms with Crippen LogP contribution >= 0.6 is 0 Å². The van der Waals surface area contributed by atoms with Crippen LogP contribution in [0.4, 0.5) is 23.7 Å². The normalized spacial score (nSPS) is 14.1. The molecule has 3 N–H and O–H groups in total. The van der Waals surface area contributed by atoms with Gasteiger partial charge in [0.25, 0.3) is 5.56 Å². The Morgan fingerprint density at radius 2 is 1.49 bits per heavy atom. The van der Waals surface area contributed by atoms with Gasteiger partial charge in [0.2, 0.25) is 5.91 Å². The quantitative estimate of drug-likeness (QED) is 0.163. The third kappa shape index (κ3) is 9.07. The van der Waals surface area contributed by atoms with Crippen molar-refractivity contribution >= 4 is 26.7 Å². The van der Waals surface area contributed by atoms with Crippen LogP contribution in [0.3, 0.4) is 0 Å². The van der Waals surface area contributed by atoms with E-state index in [9.17, 15) is 27.6 Å². The monoisotopic (exact) mass is 644 g/mol. The molecule has 1 aromatic heterocycles. The van der Waals surface area contributed by atoms with E-state index in [2.05, 4.69) is 16.0 Å². The Morgan fingerprint density at radius 1 is 0.911 bits per heavy atom. The van der Waals surface area contributed by atoms with E-state index >= 15 is 0 Å². The molecule has 0 saturated carbocycles. The molecule has 1 heterocycles. The summed E-state index contributed by atoms with van der Waals surface area (Å²) in [5.74, 6) is -3.65. The fourth-order valence-electron chi connectivity index (χ4n) is 5.59. The van der Waals surface area contributed by atoms with Gasteiger partial charge in [0.15, 0.2) is 9.04 Å². The number of rotatable bonds is 11. The summed E-state index contributed by atoms with van der Waals surface area (Å²) < 4.78 is 51.6. The Morgan fingerprint density at radius 3 is 2.00 bits per heavy atom. The maximum absolute atomic E-state index is 14.8. The van der Waals surface area contributed by atoms with Gasteiger partial charge < -0.3 is 20.4 Å². The molecule has 2 aromatic carbocycles. The second-order valence-electron chi connectivity index (χ2n) is 12.7. The molecule has 3 aromatic rings. The van der Waals surface area contributed by atoms with E-state index in [4.69, 9.17) is 4.43 Å². The highest BCUT2D eigenvalue weighted by atomic mass is 28.3. The van der Waals surface area contributed by atoms with Gasteiger partial charge in [0, 0.05) is 12.5 Å². The van der Waals surface area contributed by atoms with Crippen molar-refractivity contribution in [3.63, 3.8) is 0 Å². The molecule has 0 spiro atoms. The maximum Gasteiger partial charge on any atom is 0.396 e. The number of alkyl halides is 3. The van der Waals surface area contributed by atoms with Gasteiger partial charge in [-0.05, 0) is 41.8 Å². The largest absolute Gasteiger partial charge is 0.398 e. The zero-order valence-corrected chi connectivity index (χ0v) is 27.9. The van der Waals surface area contributed by atoms with E-state index in [1.807, 2.05) is 30.3 Å². The van der Waals surface area contributed by atoms with Crippen LogP contribution in [0.1, 0.15) is 40.2 Å². The third-order valence-electron chi connectivity index (χ3n) is 7.34. The van der Waals surface area contributed by atoms with Crippen molar-refractivity contribution in [3.05, 3.63) is 88.7 Å². The number of hydrogen-bond acceptors (Lipinski definition) is 4. The van der Waals surface area contributed by atoms with Gasteiger partial charge in [-0.25, -0.2) is 4.79 Å². The molecule has 0 aliphatic heterocycles. The summed E-state index contributed by atoms with van der Waals surface area (Å²) in [4.78, 5) is 40.3. The Balaban J connectivity index is 2.03. The Kier molecular flexibility index (Phi) is 11.4. The molecule has 0 aliphatic rings. The van der Waals surface area contributed by atoms with Crippen LogP contribution in [-0.2, 0) is 22.3 Å². The number of anilines is 1. The van der Waals surface area contributed by atoms with E-state index in [-0.39, 0.29) is 12.2 Å². The Bertz CT molecular complexity index is 1490. The van der Waals surface area contributed by atoms with Gasteiger partial charge in [-0.2, -0.15) is 13.2 Å². The minimum absolute atomic E-state index is 0.100. The Hall–Kier alpha value is -3.90. The molecule has 3 rings (SSSR count). The van der Waals surface area contributed by atoms with Crippen molar-refractivity contribution in [2.24, 2.45) is 17.3 Å². The highest BCUT2D eigenvalue weighted by molar-refractivity contribution is 6.48. The zero-order chi connectivity index (χ0) is 33.6. The fourth-order valence-corrected chi connectivity index (χ4v) is 6.84. The molecule has 244 valence electrons. The van der Waals surface area contributed by atoms with Gasteiger partial charge in [0.05, 0.1) is 5.69 Å². The number of carbonyl (C=O) groups excluding carboxylic acids is 2. The van der Waals surface area contributed by atoms with Crippen LogP contribution in [0.25, 0.3) is 11.3 Å². The average Bonchev–Trinajstić information content (AvgIpc) is 2.93. The van der Waals surface area contributed by atoms with Gasteiger partial charge in [-0.3, -0.25) is 14.2 Å². The summed E-state index contributed by atoms with van der Waals surface area (Å²) in [6.45, 7) is 10.7. The van der Waals surface area contributed by atoms with Crippen molar-refractivity contribution < 1.29 is 27.2 Å². The molecule has 12 heteroatoms. The SMILES string of the molecule is CC(C)C(NC(=O)Cn1c(-c2ccccc2)ccc(NC(=O)NCc2ccccc2)c1=O)(O[SiH](C)C)C(C(C)(C)C)C(F)(F)F. The van der Waals surface area contributed by atoms with Crippen LogP contribution in [0, 0.1) is 17.3 Å². The lowest BCUT2D eigenvalue weighted by atomic mass is 9.70. The molecule has 2 unspecified atom stereocenters. The van der Waals surface area contributed by atoms with Gasteiger partial charge >= 0.3 is 12.2 Å². The summed E-state index contributed by atoms with van der Waals surface area (Å²) in [5, 5.41) is 7.85. The molecule has 0 aliphatic carbocycles. The van der Waals surface area contributed by atoms with Crippen molar-refractivity contribution in [2.45, 2.75) is 72.7 Å². The van der Waals surface area contributed by atoms with E-state index in [1.54, 1.807) is 63.3 Å².